The molecule has 9 nitrogen and oxygen atoms in total. The van der Waals surface area contributed by atoms with Gasteiger partial charge in [-0.15, -0.1) is 0 Å². The largest absolute Gasteiger partial charge is 0.743 e. The lowest BCUT2D eigenvalue weighted by molar-refractivity contribution is -0.236. The van der Waals surface area contributed by atoms with E-state index in [0.29, 0.717) is 0 Å². The van der Waals surface area contributed by atoms with Gasteiger partial charge >= 0.3 is 17.2 Å². The van der Waals surface area contributed by atoms with E-state index in [-0.39, 0.29) is 18.6 Å². The van der Waals surface area contributed by atoms with Gasteiger partial charge in [-0.3, -0.25) is 14.4 Å². The normalized spacial score (nSPS) is 36.1. The molecule has 6 atom stereocenters. The maximum absolute atomic E-state index is 13.2. The van der Waals surface area contributed by atoms with Gasteiger partial charge in [-0.1, -0.05) is 0 Å². The van der Waals surface area contributed by atoms with Gasteiger partial charge in [0.05, 0.1) is 12.0 Å². The molecule has 6 unspecified atom stereocenters. The molecule has 4 fully saturated rings. The van der Waals surface area contributed by atoms with Gasteiger partial charge in [0, 0.05) is 18.8 Å². The second-order valence-electron chi connectivity index (χ2n) is 6.61. The number of hydrogen-bond acceptors (Lipinski definition) is 9. The molecule has 0 aromatic rings. The molecule has 2 aliphatic heterocycles. The van der Waals surface area contributed by atoms with Crippen molar-refractivity contribution in [3.05, 3.63) is 0 Å². The molecule has 2 aliphatic carbocycles. The summed E-state index contributed by atoms with van der Waals surface area (Å²) in [5, 5.41) is -4.78. The van der Waals surface area contributed by atoms with Gasteiger partial charge in [0.15, 0.2) is 22.5 Å². The van der Waals surface area contributed by atoms with Crippen molar-refractivity contribution < 1.29 is 50.3 Å². The number of ether oxygens (including phenoxy) is 3. The Balaban J connectivity index is 1.78. The van der Waals surface area contributed by atoms with Crippen LogP contribution in [0.25, 0.3) is 0 Å². The zero-order chi connectivity index (χ0) is 19.4. The van der Waals surface area contributed by atoms with Crippen LogP contribution in [0.15, 0.2) is 0 Å². The minimum absolute atomic E-state index is 0.0554. The molecule has 0 amide bonds. The Morgan fingerprint density at radius 1 is 1.35 bits per heavy atom. The molecule has 0 radical (unpaired) electrons. The fraction of sp³-hybridized carbons (Fsp3) is 0.786. The van der Waals surface area contributed by atoms with E-state index in [2.05, 4.69) is 4.74 Å². The molecule has 26 heavy (non-hydrogen) atoms. The maximum Gasteiger partial charge on any atom is 0.367 e. The van der Waals surface area contributed by atoms with Crippen molar-refractivity contribution in [3.8, 4) is 0 Å². The third-order valence-electron chi connectivity index (χ3n) is 5.00. The summed E-state index contributed by atoms with van der Waals surface area (Å²) < 4.78 is 72.9. The maximum atomic E-state index is 13.2. The van der Waals surface area contributed by atoms with Crippen molar-refractivity contribution in [3.63, 3.8) is 0 Å². The van der Waals surface area contributed by atoms with Gasteiger partial charge in [0.2, 0.25) is 0 Å². The van der Waals surface area contributed by atoms with E-state index in [4.69, 9.17) is 9.47 Å². The summed E-state index contributed by atoms with van der Waals surface area (Å²) in [6.45, 7) is -0.785. The van der Waals surface area contributed by atoms with Crippen LogP contribution in [0.3, 0.4) is 0 Å². The second kappa shape index (κ2) is 6.20. The van der Waals surface area contributed by atoms with Crippen molar-refractivity contribution in [1.82, 2.24) is 0 Å². The van der Waals surface area contributed by atoms with Crippen LogP contribution in [0.5, 0.6) is 0 Å². The summed E-state index contributed by atoms with van der Waals surface area (Å²) in [7, 11) is -6.00. The lowest BCUT2D eigenvalue weighted by Crippen LogP contribution is -2.66. The highest BCUT2D eigenvalue weighted by molar-refractivity contribution is 7.86. The summed E-state index contributed by atoms with van der Waals surface area (Å²) in [6, 6.07) is 0. The van der Waals surface area contributed by atoms with E-state index in [1.807, 2.05) is 0 Å². The van der Waals surface area contributed by atoms with Crippen molar-refractivity contribution in [2.45, 2.75) is 43.3 Å². The number of carbonyl (C=O) groups is 3. The van der Waals surface area contributed by atoms with E-state index in [9.17, 15) is 36.1 Å². The highest BCUT2D eigenvalue weighted by Gasteiger charge is 2.62. The Bertz CT molecular complexity index is 750. The van der Waals surface area contributed by atoms with E-state index < -0.39 is 70.0 Å². The third-order valence-corrected chi connectivity index (χ3v) is 5.85. The second-order valence-corrected chi connectivity index (χ2v) is 8.11. The monoisotopic (exact) mass is 397 g/mol. The van der Waals surface area contributed by atoms with E-state index in [0.717, 1.165) is 6.92 Å². The fourth-order valence-corrected chi connectivity index (χ4v) is 4.17. The van der Waals surface area contributed by atoms with Gasteiger partial charge in [-0.05, 0) is 12.8 Å². The third kappa shape index (κ3) is 3.09. The standard InChI is InChI=1S/C14H16F2O9S/c1-5(17)24-12-7-3-8-11(18)6(2-9(12)25-8)10(7)13(19)23-4-14(15,16)26(20,21)22/h6-10,12H,2-4H2,1H3,(H,20,21,22)/p-1. The van der Waals surface area contributed by atoms with Crippen LogP contribution < -0.4 is 0 Å². The van der Waals surface area contributed by atoms with Crippen LogP contribution in [0.1, 0.15) is 19.8 Å². The summed E-state index contributed by atoms with van der Waals surface area (Å²) in [5.41, 5.74) is 0. The molecule has 2 saturated heterocycles. The molecule has 146 valence electrons. The smallest absolute Gasteiger partial charge is 0.367 e. The van der Waals surface area contributed by atoms with Gasteiger partial charge < -0.3 is 18.8 Å². The molecule has 2 saturated carbocycles. The number of rotatable bonds is 5. The Morgan fingerprint density at radius 2 is 2.00 bits per heavy atom. The number of alkyl halides is 2. The molecular formula is C14H15F2O9S-. The summed E-state index contributed by atoms with van der Waals surface area (Å²) in [6.07, 6.45) is -2.07. The molecule has 4 bridgehead atoms. The molecule has 0 aromatic heterocycles. The molecule has 0 aromatic carbocycles. The number of ketones is 1. The van der Waals surface area contributed by atoms with Crippen LogP contribution in [0.2, 0.25) is 0 Å². The fourth-order valence-electron chi connectivity index (χ4n) is 3.97. The average Bonchev–Trinajstić information content (AvgIpc) is 2.49. The first-order chi connectivity index (χ1) is 11.9. The van der Waals surface area contributed by atoms with Gasteiger partial charge in [-0.25, -0.2) is 8.42 Å². The first-order valence-electron chi connectivity index (χ1n) is 7.78. The van der Waals surface area contributed by atoms with Crippen LogP contribution in [-0.4, -0.2) is 60.9 Å². The Hall–Kier alpha value is -1.66. The predicted molar refractivity (Wildman–Crippen MR) is 74.5 cm³/mol. The summed E-state index contributed by atoms with van der Waals surface area (Å²) in [5.74, 6) is -4.93. The quantitative estimate of drug-likeness (QED) is 0.448. The lowest BCUT2D eigenvalue weighted by Gasteiger charge is -2.54. The Labute approximate surface area is 146 Å². The topological polar surface area (TPSA) is 136 Å². The minimum atomic E-state index is -6.00. The van der Waals surface area contributed by atoms with Crippen LogP contribution in [-0.2, 0) is 38.7 Å². The first kappa shape index (κ1) is 19.1. The zero-order valence-electron chi connectivity index (χ0n) is 13.4. The highest BCUT2D eigenvalue weighted by Crippen LogP contribution is 2.51. The van der Waals surface area contributed by atoms with Gasteiger partial charge in [-0.2, -0.15) is 8.78 Å². The van der Waals surface area contributed by atoms with Crippen molar-refractivity contribution in [2.24, 2.45) is 17.8 Å². The summed E-state index contributed by atoms with van der Waals surface area (Å²) >= 11 is 0. The molecule has 4 rings (SSSR count). The van der Waals surface area contributed by atoms with E-state index in [1.54, 1.807) is 0 Å². The van der Waals surface area contributed by atoms with Crippen molar-refractivity contribution in [1.29, 1.82) is 0 Å². The zero-order valence-corrected chi connectivity index (χ0v) is 14.2. The van der Waals surface area contributed by atoms with Crippen molar-refractivity contribution >= 4 is 27.8 Å². The predicted octanol–water partition coefficient (Wildman–Crippen LogP) is -0.408. The Morgan fingerprint density at radius 3 is 2.58 bits per heavy atom. The molecule has 4 aliphatic rings. The summed E-state index contributed by atoms with van der Waals surface area (Å²) in [4.78, 5) is 35.8. The van der Waals surface area contributed by atoms with Gasteiger partial charge in [0.25, 0.3) is 0 Å². The number of hydrogen-bond donors (Lipinski definition) is 0. The minimum Gasteiger partial charge on any atom is -0.743 e. The van der Waals surface area contributed by atoms with Crippen molar-refractivity contribution in [2.75, 3.05) is 6.61 Å². The molecule has 0 N–H and O–H groups in total. The number of esters is 2. The van der Waals surface area contributed by atoms with Crippen LogP contribution in [0, 0.1) is 17.8 Å². The molecule has 0 spiro atoms. The first-order valence-corrected chi connectivity index (χ1v) is 9.19. The van der Waals surface area contributed by atoms with E-state index >= 15 is 0 Å². The van der Waals surface area contributed by atoms with Crippen LogP contribution >= 0.6 is 0 Å². The SMILES string of the molecule is CC(=O)OC1C2CC3C(=O)C(CC1C3C(=O)OCC(F)(F)S(=O)(=O)[O-])O2. The van der Waals surface area contributed by atoms with E-state index in [1.165, 1.54) is 0 Å². The van der Waals surface area contributed by atoms with Crippen LogP contribution in [0.4, 0.5) is 8.78 Å². The van der Waals surface area contributed by atoms with Gasteiger partial charge in [0.1, 0.15) is 12.2 Å². The molecule has 2 heterocycles. The highest BCUT2D eigenvalue weighted by atomic mass is 32.2. The number of Topliss-reactive ketones (excluding diaryl/α,β-unsaturated/α-hetero) is 1. The lowest BCUT2D eigenvalue weighted by atomic mass is 9.59. The number of halogens is 2. The number of carbonyl (C=O) groups excluding carboxylic acids is 3. The Kier molecular flexibility index (Phi) is 4.56. The molecule has 12 heteroatoms. The average molecular weight is 397 g/mol. The molecular weight excluding hydrogens is 382 g/mol.